The molecule has 0 unspecified atom stereocenters. The van der Waals surface area contributed by atoms with E-state index in [2.05, 4.69) is 10.3 Å². The molecule has 0 saturated carbocycles. The molecular weight excluding hydrogens is 210 g/mol. The van der Waals surface area contributed by atoms with Gasteiger partial charge in [0.1, 0.15) is 0 Å². The Kier molecular flexibility index (Phi) is 2.64. The molecule has 0 aliphatic carbocycles. The number of imidazole rings is 1. The normalized spacial score (nSPS) is 10.5. The van der Waals surface area contributed by atoms with Crippen LogP contribution in [-0.4, -0.2) is 28.9 Å². The van der Waals surface area contributed by atoms with E-state index in [-0.39, 0.29) is 6.03 Å². The minimum absolute atomic E-state index is 0.159. The minimum Gasteiger partial charge on any atom is -0.340 e. The first-order valence-electron chi connectivity index (χ1n) is 4.51. The first-order valence-corrected chi connectivity index (χ1v) is 5.74. The van der Waals surface area contributed by atoms with Gasteiger partial charge in [-0.05, 0) is 18.4 Å². The van der Waals surface area contributed by atoms with Crippen molar-refractivity contribution in [3.63, 3.8) is 0 Å². The van der Waals surface area contributed by atoms with Gasteiger partial charge in [-0.3, -0.25) is 0 Å². The van der Waals surface area contributed by atoms with E-state index in [0.29, 0.717) is 5.16 Å². The second kappa shape index (κ2) is 3.94. The largest absolute Gasteiger partial charge is 0.340 e. The van der Waals surface area contributed by atoms with Crippen LogP contribution in [0.5, 0.6) is 0 Å². The highest BCUT2D eigenvalue weighted by Crippen LogP contribution is 2.21. The van der Waals surface area contributed by atoms with E-state index in [1.54, 1.807) is 11.6 Å². The lowest BCUT2D eigenvalue weighted by molar-refractivity contribution is 0.243. The Morgan fingerprint density at radius 1 is 1.47 bits per heavy atom. The number of nitrogens with zero attached hydrogens (tertiary/aromatic N) is 2. The van der Waals surface area contributed by atoms with Gasteiger partial charge >= 0.3 is 6.03 Å². The van der Waals surface area contributed by atoms with Gasteiger partial charge in [-0.25, -0.2) is 14.3 Å². The molecule has 1 amide bonds. The lowest BCUT2D eigenvalue weighted by atomic mass is 10.3. The first-order chi connectivity index (χ1) is 7.27. The summed E-state index contributed by atoms with van der Waals surface area (Å²) in [6, 6.07) is 7.43. The van der Waals surface area contributed by atoms with Gasteiger partial charge in [-0.2, -0.15) is 0 Å². The van der Waals surface area contributed by atoms with E-state index >= 15 is 0 Å². The molecule has 0 spiro atoms. The maximum atomic E-state index is 11.7. The summed E-state index contributed by atoms with van der Waals surface area (Å²) in [6.45, 7) is 0. The highest BCUT2D eigenvalue weighted by molar-refractivity contribution is 7.98. The fourth-order valence-corrected chi connectivity index (χ4v) is 2.00. The van der Waals surface area contributed by atoms with Crippen LogP contribution in [-0.2, 0) is 0 Å². The maximum Gasteiger partial charge on any atom is 0.327 e. The number of hydrogen-bond donors (Lipinski definition) is 1. The van der Waals surface area contributed by atoms with Crippen LogP contribution in [0.3, 0.4) is 0 Å². The number of fused-ring (bicyclic) bond motifs is 1. The summed E-state index contributed by atoms with van der Waals surface area (Å²) >= 11 is 1.46. The fourth-order valence-electron chi connectivity index (χ4n) is 1.45. The van der Waals surface area contributed by atoms with Crippen LogP contribution in [0.2, 0.25) is 0 Å². The molecule has 0 atom stereocenters. The van der Waals surface area contributed by atoms with Crippen LogP contribution >= 0.6 is 11.8 Å². The molecule has 0 fully saturated rings. The molecule has 1 aromatic carbocycles. The average molecular weight is 221 g/mol. The summed E-state index contributed by atoms with van der Waals surface area (Å²) in [7, 11) is 1.61. The van der Waals surface area contributed by atoms with Crippen molar-refractivity contribution in [3.8, 4) is 0 Å². The molecule has 0 saturated heterocycles. The Balaban J connectivity index is 2.72. The van der Waals surface area contributed by atoms with E-state index in [1.807, 2.05) is 30.5 Å². The lowest BCUT2D eigenvalue weighted by Crippen LogP contribution is -2.24. The zero-order valence-corrected chi connectivity index (χ0v) is 9.34. The maximum absolute atomic E-state index is 11.7. The molecule has 0 aliphatic heterocycles. The number of carbonyl (C=O) groups is 1. The van der Waals surface area contributed by atoms with Crippen molar-refractivity contribution < 1.29 is 4.79 Å². The first kappa shape index (κ1) is 10.0. The van der Waals surface area contributed by atoms with Crippen LogP contribution in [0.25, 0.3) is 11.0 Å². The van der Waals surface area contributed by atoms with Crippen LogP contribution in [0.4, 0.5) is 4.79 Å². The monoisotopic (exact) mass is 221 g/mol. The third-order valence-corrected chi connectivity index (χ3v) is 2.77. The molecule has 15 heavy (non-hydrogen) atoms. The topological polar surface area (TPSA) is 46.9 Å². The van der Waals surface area contributed by atoms with Crippen molar-refractivity contribution in [1.82, 2.24) is 14.9 Å². The third kappa shape index (κ3) is 1.59. The molecule has 1 N–H and O–H groups in total. The molecule has 2 rings (SSSR count). The van der Waals surface area contributed by atoms with E-state index in [1.165, 1.54) is 11.8 Å². The Bertz CT molecular complexity index is 506. The second-order valence-electron chi connectivity index (χ2n) is 2.98. The Morgan fingerprint density at radius 3 is 2.87 bits per heavy atom. The number of amides is 1. The molecule has 0 radical (unpaired) electrons. The Hall–Kier alpha value is -1.49. The SMILES string of the molecule is CNC(=O)n1c(SC)nc2ccccc21. The molecule has 78 valence electrons. The summed E-state index contributed by atoms with van der Waals surface area (Å²) in [4.78, 5) is 16.0. The number of benzene rings is 1. The zero-order valence-electron chi connectivity index (χ0n) is 8.52. The number of carbonyl (C=O) groups excluding carboxylic acids is 1. The summed E-state index contributed by atoms with van der Waals surface area (Å²) in [6.07, 6.45) is 1.90. The van der Waals surface area contributed by atoms with Gasteiger partial charge in [-0.1, -0.05) is 23.9 Å². The van der Waals surface area contributed by atoms with Crippen LogP contribution in [0, 0.1) is 0 Å². The second-order valence-corrected chi connectivity index (χ2v) is 3.75. The van der Waals surface area contributed by atoms with Crippen LogP contribution in [0.15, 0.2) is 29.4 Å². The zero-order chi connectivity index (χ0) is 10.8. The smallest absolute Gasteiger partial charge is 0.327 e. The molecule has 0 aliphatic rings. The van der Waals surface area contributed by atoms with E-state index in [0.717, 1.165) is 11.0 Å². The number of para-hydroxylation sites is 2. The van der Waals surface area contributed by atoms with E-state index in [4.69, 9.17) is 0 Å². The summed E-state index contributed by atoms with van der Waals surface area (Å²) < 4.78 is 1.58. The fraction of sp³-hybridized carbons (Fsp3) is 0.200. The van der Waals surface area contributed by atoms with Crippen LogP contribution in [0.1, 0.15) is 0 Å². The van der Waals surface area contributed by atoms with E-state index in [9.17, 15) is 4.79 Å². The van der Waals surface area contributed by atoms with Crippen molar-refractivity contribution in [3.05, 3.63) is 24.3 Å². The third-order valence-electron chi connectivity index (χ3n) is 2.13. The lowest BCUT2D eigenvalue weighted by Gasteiger charge is -2.04. The average Bonchev–Trinajstić information content (AvgIpc) is 2.66. The molecule has 1 aromatic heterocycles. The van der Waals surface area contributed by atoms with Gasteiger partial charge in [0, 0.05) is 7.05 Å². The standard InChI is InChI=1S/C10H11N3OS/c1-11-9(14)13-8-6-4-3-5-7(8)12-10(13)15-2/h3-6H,1-2H3,(H,11,14). The molecule has 1 heterocycles. The number of nitrogens with one attached hydrogen (secondary N) is 1. The highest BCUT2D eigenvalue weighted by atomic mass is 32.2. The van der Waals surface area contributed by atoms with Crippen LogP contribution < -0.4 is 5.32 Å². The van der Waals surface area contributed by atoms with Gasteiger partial charge in [0.2, 0.25) is 0 Å². The minimum atomic E-state index is -0.159. The van der Waals surface area contributed by atoms with Crippen molar-refractivity contribution in [2.24, 2.45) is 0 Å². The number of thioether (sulfide) groups is 1. The van der Waals surface area contributed by atoms with Crippen molar-refractivity contribution >= 4 is 28.8 Å². The predicted molar refractivity (Wildman–Crippen MR) is 61.4 cm³/mol. The summed E-state index contributed by atoms with van der Waals surface area (Å²) in [5.74, 6) is 0. The molecular formula is C10H11N3OS. The van der Waals surface area contributed by atoms with Crippen molar-refractivity contribution in [2.45, 2.75) is 5.16 Å². The van der Waals surface area contributed by atoms with Gasteiger partial charge in [0.25, 0.3) is 0 Å². The summed E-state index contributed by atoms with van der Waals surface area (Å²) in [5, 5.41) is 3.31. The van der Waals surface area contributed by atoms with Crippen molar-refractivity contribution in [2.75, 3.05) is 13.3 Å². The van der Waals surface area contributed by atoms with Gasteiger partial charge in [0.05, 0.1) is 11.0 Å². The van der Waals surface area contributed by atoms with Crippen molar-refractivity contribution in [1.29, 1.82) is 0 Å². The predicted octanol–water partition coefficient (Wildman–Crippen LogP) is 1.95. The quantitative estimate of drug-likeness (QED) is 0.749. The molecule has 4 nitrogen and oxygen atoms in total. The summed E-state index contributed by atoms with van der Waals surface area (Å²) in [5.41, 5.74) is 1.67. The van der Waals surface area contributed by atoms with E-state index < -0.39 is 0 Å². The van der Waals surface area contributed by atoms with Gasteiger partial charge in [0.15, 0.2) is 5.16 Å². The number of aromatic nitrogens is 2. The Morgan fingerprint density at radius 2 is 2.20 bits per heavy atom. The molecule has 5 heteroatoms. The Labute approximate surface area is 91.7 Å². The van der Waals surface area contributed by atoms with Gasteiger partial charge in [-0.15, -0.1) is 0 Å². The number of rotatable bonds is 1. The van der Waals surface area contributed by atoms with Gasteiger partial charge < -0.3 is 5.32 Å². The number of hydrogen-bond acceptors (Lipinski definition) is 3. The molecule has 0 bridgehead atoms. The highest BCUT2D eigenvalue weighted by Gasteiger charge is 2.13. The molecule has 2 aromatic rings.